The van der Waals surface area contributed by atoms with Gasteiger partial charge in [0.25, 0.3) is 0 Å². The molecule has 0 N–H and O–H groups in total. The maximum Gasteiger partial charge on any atom is 0.418 e. The summed E-state index contributed by atoms with van der Waals surface area (Å²) in [6, 6.07) is 6.42. The lowest BCUT2D eigenvalue weighted by molar-refractivity contribution is 0.0205. The van der Waals surface area contributed by atoms with Gasteiger partial charge < -0.3 is 14.4 Å². The summed E-state index contributed by atoms with van der Waals surface area (Å²) in [7, 11) is 0. The Bertz CT molecular complexity index is 1620. The molecule has 0 bridgehead atoms. The second-order valence-electron chi connectivity index (χ2n) is 12.3. The third-order valence-electron chi connectivity index (χ3n) is 8.06. The van der Waals surface area contributed by atoms with Crippen molar-refractivity contribution in [3.63, 3.8) is 0 Å². The van der Waals surface area contributed by atoms with Crippen molar-refractivity contribution in [2.75, 3.05) is 19.7 Å². The van der Waals surface area contributed by atoms with Gasteiger partial charge in [-0.2, -0.15) is 5.10 Å². The molecule has 218 valence electrons. The lowest BCUT2D eigenvalue weighted by Gasteiger charge is -2.33. The van der Waals surface area contributed by atoms with Gasteiger partial charge in [0.1, 0.15) is 11.9 Å². The van der Waals surface area contributed by atoms with Gasteiger partial charge in [-0.05, 0) is 101 Å². The van der Waals surface area contributed by atoms with Gasteiger partial charge in [0, 0.05) is 30.2 Å². The molecular weight excluding hydrogens is 518 g/mol. The Hall–Kier alpha value is -3.88. The number of hydrogen-bond acceptors (Lipinski definition) is 6. The first-order chi connectivity index (χ1) is 19.4. The van der Waals surface area contributed by atoms with Gasteiger partial charge in [-0.15, -0.1) is 0 Å². The third kappa shape index (κ3) is 5.29. The van der Waals surface area contributed by atoms with Gasteiger partial charge in [-0.1, -0.05) is 19.9 Å². The van der Waals surface area contributed by atoms with Crippen LogP contribution in [0.25, 0.3) is 27.8 Å². The first-order valence-electron chi connectivity index (χ1n) is 14.5. The Labute approximate surface area is 241 Å². The number of carbonyl (C=O) groups excluding carboxylic acids is 2. The monoisotopic (exact) mass is 559 g/mol. The first kappa shape index (κ1) is 28.6. The highest BCUT2D eigenvalue weighted by atomic mass is 16.6. The molecule has 0 atom stereocenters. The third-order valence-corrected chi connectivity index (χ3v) is 8.06. The number of ether oxygens (including phenoxy) is 2. The molecule has 1 aliphatic heterocycles. The van der Waals surface area contributed by atoms with Gasteiger partial charge >= 0.3 is 12.2 Å². The number of likely N-dealkylation sites (tertiary alicyclic amines) is 1. The fourth-order valence-corrected chi connectivity index (χ4v) is 5.98. The lowest BCUT2D eigenvalue weighted by Crippen LogP contribution is -2.41. The molecule has 4 aromatic rings. The van der Waals surface area contributed by atoms with E-state index < -0.39 is 11.7 Å². The van der Waals surface area contributed by atoms with E-state index in [4.69, 9.17) is 9.47 Å². The minimum absolute atomic E-state index is 0.138. The zero-order valence-electron chi connectivity index (χ0n) is 25.4. The van der Waals surface area contributed by atoms with Gasteiger partial charge in [0.2, 0.25) is 0 Å². The summed E-state index contributed by atoms with van der Waals surface area (Å²) in [4.78, 5) is 32.4. The van der Waals surface area contributed by atoms with E-state index in [9.17, 15) is 9.59 Å². The maximum atomic E-state index is 13.5. The fraction of sp³-hybridized carbons (Fsp3) is 0.500. The van der Waals surface area contributed by atoms with Crippen molar-refractivity contribution >= 4 is 28.7 Å². The largest absolute Gasteiger partial charge is 0.449 e. The van der Waals surface area contributed by atoms with Crippen molar-refractivity contribution in [1.82, 2.24) is 24.1 Å². The number of piperidine rings is 1. The number of benzene rings is 1. The zero-order valence-corrected chi connectivity index (χ0v) is 25.4. The Balaban J connectivity index is 1.61. The summed E-state index contributed by atoms with van der Waals surface area (Å²) in [5, 5.41) is 5.45. The van der Waals surface area contributed by atoms with E-state index in [1.165, 1.54) is 5.56 Å². The van der Waals surface area contributed by atoms with Crippen molar-refractivity contribution in [2.24, 2.45) is 0 Å². The van der Waals surface area contributed by atoms with Crippen molar-refractivity contribution in [2.45, 2.75) is 85.7 Å². The average molecular weight is 560 g/mol. The highest BCUT2D eigenvalue weighted by Crippen LogP contribution is 2.42. The van der Waals surface area contributed by atoms with Gasteiger partial charge in [-0.3, -0.25) is 0 Å². The van der Waals surface area contributed by atoms with Crippen LogP contribution in [0.2, 0.25) is 0 Å². The molecule has 41 heavy (non-hydrogen) atoms. The number of amides is 1. The van der Waals surface area contributed by atoms with Crippen LogP contribution in [0.5, 0.6) is 0 Å². The summed E-state index contributed by atoms with van der Waals surface area (Å²) < 4.78 is 14.7. The summed E-state index contributed by atoms with van der Waals surface area (Å²) in [6.45, 7) is 17.5. The van der Waals surface area contributed by atoms with Gasteiger partial charge in [0.05, 0.1) is 17.8 Å². The summed E-state index contributed by atoms with van der Waals surface area (Å²) in [5.41, 5.74) is 7.28. The smallest absolute Gasteiger partial charge is 0.418 e. The number of carbonyl (C=O) groups is 2. The van der Waals surface area contributed by atoms with Crippen LogP contribution in [-0.2, 0) is 9.47 Å². The van der Waals surface area contributed by atoms with Crippen LogP contribution < -0.4 is 0 Å². The fourth-order valence-electron chi connectivity index (χ4n) is 5.98. The molecule has 0 unspecified atom stereocenters. The Morgan fingerprint density at radius 3 is 2.41 bits per heavy atom. The number of fused-ring (bicyclic) bond motifs is 2. The lowest BCUT2D eigenvalue weighted by atomic mass is 9.87. The number of nitrogens with zero attached hydrogens (tertiary/aromatic N) is 5. The number of pyridine rings is 1. The summed E-state index contributed by atoms with van der Waals surface area (Å²) >= 11 is 0. The SMILES string of the molecule is CCOC(=O)n1c(-c2cn3ncnc3c(C)c2C)c(C(C)C)c2cc(C3CCN(C(=O)OC(C)(C)C)CC3)ccc21. The van der Waals surface area contributed by atoms with Crippen LogP contribution in [0.3, 0.4) is 0 Å². The molecule has 0 spiro atoms. The number of aryl methyl sites for hydroxylation is 1. The minimum atomic E-state index is -0.509. The molecule has 9 heteroatoms. The molecule has 1 aromatic carbocycles. The van der Waals surface area contributed by atoms with Gasteiger partial charge in [-0.25, -0.2) is 23.7 Å². The van der Waals surface area contributed by atoms with Crippen LogP contribution in [0.1, 0.15) is 88.5 Å². The quantitative estimate of drug-likeness (QED) is 0.262. The number of hydrogen-bond donors (Lipinski definition) is 0. The van der Waals surface area contributed by atoms with E-state index in [-0.39, 0.29) is 18.6 Å². The van der Waals surface area contributed by atoms with Crippen LogP contribution in [-0.4, -0.2) is 61.5 Å². The number of aromatic nitrogens is 4. The molecule has 1 aliphatic rings. The van der Waals surface area contributed by atoms with Crippen LogP contribution in [0.15, 0.2) is 30.7 Å². The van der Waals surface area contributed by atoms with Crippen LogP contribution >= 0.6 is 0 Å². The highest BCUT2D eigenvalue weighted by molar-refractivity contribution is 6.00. The molecule has 4 heterocycles. The predicted octanol–water partition coefficient (Wildman–Crippen LogP) is 7.21. The Morgan fingerprint density at radius 2 is 1.78 bits per heavy atom. The summed E-state index contributed by atoms with van der Waals surface area (Å²) in [5.74, 6) is 0.446. The molecule has 0 radical (unpaired) electrons. The Kier molecular flexibility index (Phi) is 7.57. The molecule has 1 saturated heterocycles. The van der Waals surface area contributed by atoms with Crippen molar-refractivity contribution in [3.05, 3.63) is 53.0 Å². The average Bonchev–Trinajstić information content (AvgIpc) is 3.52. The second kappa shape index (κ2) is 10.8. The van der Waals surface area contributed by atoms with E-state index in [0.717, 1.165) is 57.3 Å². The van der Waals surface area contributed by atoms with E-state index in [2.05, 4.69) is 43.0 Å². The predicted molar refractivity (Wildman–Crippen MR) is 160 cm³/mol. The topological polar surface area (TPSA) is 91.0 Å². The molecule has 5 rings (SSSR count). The van der Waals surface area contributed by atoms with Crippen molar-refractivity contribution in [1.29, 1.82) is 0 Å². The van der Waals surface area contributed by atoms with Crippen molar-refractivity contribution in [3.8, 4) is 11.3 Å². The second-order valence-corrected chi connectivity index (χ2v) is 12.3. The van der Waals surface area contributed by atoms with E-state index in [1.54, 1.807) is 20.3 Å². The molecule has 1 amide bonds. The van der Waals surface area contributed by atoms with Crippen LogP contribution in [0, 0.1) is 13.8 Å². The molecule has 9 nitrogen and oxygen atoms in total. The van der Waals surface area contributed by atoms with Gasteiger partial charge in [0.15, 0.2) is 5.65 Å². The molecular formula is C32H41N5O4. The van der Waals surface area contributed by atoms with E-state index in [0.29, 0.717) is 19.0 Å². The zero-order chi connectivity index (χ0) is 29.6. The molecule has 0 aliphatic carbocycles. The first-order valence-corrected chi connectivity index (χ1v) is 14.5. The molecule has 3 aromatic heterocycles. The normalized spacial score (nSPS) is 14.8. The molecule has 0 saturated carbocycles. The summed E-state index contributed by atoms with van der Waals surface area (Å²) in [6.07, 6.45) is 4.58. The maximum absolute atomic E-state index is 13.5. The minimum Gasteiger partial charge on any atom is -0.449 e. The van der Waals surface area contributed by atoms with E-state index >= 15 is 0 Å². The van der Waals surface area contributed by atoms with Crippen molar-refractivity contribution < 1.29 is 19.1 Å². The number of rotatable bonds is 4. The van der Waals surface area contributed by atoms with E-state index in [1.807, 2.05) is 46.9 Å². The van der Waals surface area contributed by atoms with Crippen LogP contribution in [0.4, 0.5) is 9.59 Å². The molecule has 1 fully saturated rings. The Morgan fingerprint density at radius 1 is 1.07 bits per heavy atom. The standard InChI is InChI=1S/C32H41N5O4/c1-9-40-31(39)37-26-11-10-23(22-12-14-35(15-13-22)30(38)41-32(6,7)8)16-24(26)27(19(2)3)28(37)25-17-36-29(33-18-34-36)21(5)20(25)4/h10-11,16-19,22H,9,12-15H2,1-8H3. The highest BCUT2D eigenvalue weighted by Gasteiger charge is 2.30.